The Kier molecular flexibility index (Phi) is 5.06. The SMILES string of the molecule is Cc1cccc(N(Cc2ccccc2)S(=O)(=O)c2ccc(Cl)nc2)c1. The van der Waals surface area contributed by atoms with Gasteiger partial charge in [-0.1, -0.05) is 54.1 Å². The molecule has 128 valence electrons. The smallest absolute Gasteiger partial charge is 0.262 e. The molecule has 0 spiro atoms. The molecule has 0 saturated heterocycles. The lowest BCUT2D eigenvalue weighted by molar-refractivity contribution is 0.590. The van der Waals surface area contributed by atoms with Crippen LogP contribution in [0.2, 0.25) is 5.15 Å². The van der Waals surface area contributed by atoms with E-state index in [4.69, 9.17) is 11.6 Å². The Morgan fingerprint density at radius 2 is 1.76 bits per heavy atom. The van der Waals surface area contributed by atoms with E-state index in [1.165, 1.54) is 22.6 Å². The van der Waals surface area contributed by atoms with Gasteiger partial charge in [-0.25, -0.2) is 13.4 Å². The van der Waals surface area contributed by atoms with Gasteiger partial charge in [0.05, 0.1) is 12.2 Å². The van der Waals surface area contributed by atoms with E-state index < -0.39 is 10.0 Å². The highest BCUT2D eigenvalue weighted by atomic mass is 35.5. The monoisotopic (exact) mass is 372 g/mol. The van der Waals surface area contributed by atoms with Crippen LogP contribution < -0.4 is 4.31 Å². The Morgan fingerprint density at radius 3 is 2.40 bits per heavy atom. The van der Waals surface area contributed by atoms with Gasteiger partial charge in [-0.2, -0.15) is 0 Å². The van der Waals surface area contributed by atoms with E-state index in [0.29, 0.717) is 5.69 Å². The number of rotatable bonds is 5. The third-order valence-corrected chi connectivity index (χ3v) is 5.73. The van der Waals surface area contributed by atoms with Crippen molar-refractivity contribution in [3.63, 3.8) is 0 Å². The maximum Gasteiger partial charge on any atom is 0.266 e. The van der Waals surface area contributed by atoms with Gasteiger partial charge in [-0.3, -0.25) is 4.31 Å². The quantitative estimate of drug-likeness (QED) is 0.622. The van der Waals surface area contributed by atoms with Crippen LogP contribution in [0.5, 0.6) is 0 Å². The van der Waals surface area contributed by atoms with E-state index in [0.717, 1.165) is 11.1 Å². The number of benzene rings is 2. The van der Waals surface area contributed by atoms with Gasteiger partial charge in [-0.05, 0) is 42.3 Å². The summed E-state index contributed by atoms with van der Waals surface area (Å²) in [4.78, 5) is 4.01. The molecule has 25 heavy (non-hydrogen) atoms. The standard InChI is InChI=1S/C19H17ClN2O2S/c1-15-6-5-9-17(12-15)22(14-16-7-3-2-4-8-16)25(23,24)18-10-11-19(20)21-13-18/h2-13H,14H2,1H3. The van der Waals surface area contributed by atoms with Crippen molar-refractivity contribution in [3.05, 3.63) is 89.2 Å². The molecule has 6 heteroatoms. The Labute approximate surface area is 152 Å². The number of hydrogen-bond donors (Lipinski definition) is 0. The van der Waals surface area contributed by atoms with Crippen molar-refractivity contribution in [2.45, 2.75) is 18.4 Å². The van der Waals surface area contributed by atoms with Crippen molar-refractivity contribution in [2.24, 2.45) is 0 Å². The van der Waals surface area contributed by atoms with Crippen molar-refractivity contribution >= 4 is 27.3 Å². The zero-order valence-electron chi connectivity index (χ0n) is 13.6. The maximum absolute atomic E-state index is 13.2. The van der Waals surface area contributed by atoms with Crippen LogP contribution in [0.3, 0.4) is 0 Å². The average molecular weight is 373 g/mol. The summed E-state index contributed by atoms with van der Waals surface area (Å²) in [6.07, 6.45) is 1.28. The maximum atomic E-state index is 13.2. The zero-order valence-corrected chi connectivity index (χ0v) is 15.2. The van der Waals surface area contributed by atoms with Gasteiger partial charge in [0.1, 0.15) is 10.0 Å². The van der Waals surface area contributed by atoms with Gasteiger partial charge < -0.3 is 0 Å². The summed E-state index contributed by atoms with van der Waals surface area (Å²) < 4.78 is 27.8. The second-order valence-electron chi connectivity index (χ2n) is 5.65. The lowest BCUT2D eigenvalue weighted by Crippen LogP contribution is -2.30. The number of nitrogens with zero attached hydrogens (tertiary/aromatic N) is 2. The molecule has 3 aromatic rings. The second-order valence-corrected chi connectivity index (χ2v) is 7.90. The summed E-state index contributed by atoms with van der Waals surface area (Å²) >= 11 is 5.79. The Bertz CT molecular complexity index is 958. The molecular formula is C19H17ClN2O2S. The molecule has 0 aliphatic carbocycles. The van der Waals surface area contributed by atoms with Gasteiger partial charge in [0.2, 0.25) is 0 Å². The average Bonchev–Trinajstić information content (AvgIpc) is 2.61. The van der Waals surface area contributed by atoms with Gasteiger partial charge in [0.25, 0.3) is 10.0 Å². The molecule has 4 nitrogen and oxygen atoms in total. The summed E-state index contributed by atoms with van der Waals surface area (Å²) in [6, 6.07) is 19.8. The first kappa shape index (κ1) is 17.5. The molecule has 0 amide bonds. The fourth-order valence-corrected chi connectivity index (χ4v) is 3.99. The van der Waals surface area contributed by atoms with E-state index in [2.05, 4.69) is 4.98 Å². The summed E-state index contributed by atoms with van der Waals surface area (Å²) in [6.45, 7) is 2.16. The highest BCUT2D eigenvalue weighted by molar-refractivity contribution is 7.92. The summed E-state index contributed by atoms with van der Waals surface area (Å²) in [5.41, 5.74) is 2.49. The molecule has 0 saturated carbocycles. The molecule has 0 bridgehead atoms. The molecule has 0 atom stereocenters. The topological polar surface area (TPSA) is 50.3 Å². The first-order chi connectivity index (χ1) is 12.0. The predicted octanol–water partition coefficient (Wildman–Crippen LogP) is 4.44. The van der Waals surface area contributed by atoms with E-state index in [1.807, 2.05) is 55.5 Å². The first-order valence-corrected chi connectivity index (χ1v) is 9.53. The third kappa shape index (κ3) is 4.00. The van der Waals surface area contributed by atoms with Crippen molar-refractivity contribution < 1.29 is 8.42 Å². The molecule has 1 heterocycles. The van der Waals surface area contributed by atoms with Crippen molar-refractivity contribution in [1.82, 2.24) is 4.98 Å². The molecule has 1 aromatic heterocycles. The van der Waals surface area contributed by atoms with Gasteiger partial charge >= 0.3 is 0 Å². The fraction of sp³-hybridized carbons (Fsp3) is 0.105. The minimum atomic E-state index is -3.77. The van der Waals surface area contributed by atoms with Crippen LogP contribution in [0.1, 0.15) is 11.1 Å². The van der Waals surface area contributed by atoms with E-state index in [1.54, 1.807) is 6.07 Å². The highest BCUT2D eigenvalue weighted by Gasteiger charge is 2.25. The number of pyridine rings is 1. The molecule has 0 aliphatic rings. The molecule has 0 fully saturated rings. The van der Waals surface area contributed by atoms with E-state index in [9.17, 15) is 8.42 Å². The lowest BCUT2D eigenvalue weighted by Gasteiger charge is -2.25. The van der Waals surface area contributed by atoms with Gasteiger partial charge in [-0.15, -0.1) is 0 Å². The second kappa shape index (κ2) is 7.25. The number of anilines is 1. The molecule has 3 rings (SSSR count). The van der Waals surface area contributed by atoms with Crippen molar-refractivity contribution in [3.8, 4) is 0 Å². The molecule has 0 radical (unpaired) electrons. The molecular weight excluding hydrogens is 356 g/mol. The minimum Gasteiger partial charge on any atom is -0.262 e. The van der Waals surface area contributed by atoms with Crippen LogP contribution >= 0.6 is 11.6 Å². The van der Waals surface area contributed by atoms with E-state index in [-0.39, 0.29) is 16.6 Å². The summed E-state index contributed by atoms with van der Waals surface area (Å²) in [5, 5.41) is 0.254. The Balaban J connectivity index is 2.08. The Hall–Kier alpha value is -2.37. The fourth-order valence-electron chi connectivity index (χ4n) is 2.49. The first-order valence-electron chi connectivity index (χ1n) is 7.72. The van der Waals surface area contributed by atoms with Crippen LogP contribution in [0.25, 0.3) is 0 Å². The normalized spacial score (nSPS) is 11.3. The highest BCUT2D eigenvalue weighted by Crippen LogP contribution is 2.26. The lowest BCUT2D eigenvalue weighted by atomic mass is 10.2. The van der Waals surface area contributed by atoms with Gasteiger partial charge in [0, 0.05) is 6.20 Å². The van der Waals surface area contributed by atoms with Crippen molar-refractivity contribution in [1.29, 1.82) is 0 Å². The summed E-state index contributed by atoms with van der Waals surface area (Å²) in [5.74, 6) is 0. The molecule has 0 aliphatic heterocycles. The third-order valence-electron chi connectivity index (χ3n) is 3.75. The predicted molar refractivity (Wildman–Crippen MR) is 100 cm³/mol. The number of sulfonamides is 1. The largest absolute Gasteiger partial charge is 0.266 e. The number of aromatic nitrogens is 1. The number of hydrogen-bond acceptors (Lipinski definition) is 3. The summed E-state index contributed by atoms with van der Waals surface area (Å²) in [7, 11) is -3.77. The van der Waals surface area contributed by atoms with Crippen LogP contribution in [0, 0.1) is 6.92 Å². The Morgan fingerprint density at radius 1 is 1.00 bits per heavy atom. The zero-order chi connectivity index (χ0) is 17.9. The van der Waals surface area contributed by atoms with Crippen LogP contribution in [-0.2, 0) is 16.6 Å². The van der Waals surface area contributed by atoms with Crippen LogP contribution in [-0.4, -0.2) is 13.4 Å². The molecule has 0 N–H and O–H groups in total. The minimum absolute atomic E-state index is 0.106. The van der Waals surface area contributed by atoms with Gasteiger partial charge in [0.15, 0.2) is 0 Å². The van der Waals surface area contributed by atoms with Crippen LogP contribution in [0.15, 0.2) is 77.8 Å². The number of aryl methyl sites for hydroxylation is 1. The molecule has 0 unspecified atom stereocenters. The van der Waals surface area contributed by atoms with Crippen molar-refractivity contribution in [2.75, 3.05) is 4.31 Å². The number of halogens is 1. The molecule has 2 aromatic carbocycles. The van der Waals surface area contributed by atoms with E-state index >= 15 is 0 Å². The van der Waals surface area contributed by atoms with Crippen LogP contribution in [0.4, 0.5) is 5.69 Å².